The number of carbonyl (C=O) groups is 1. The third-order valence-corrected chi connectivity index (χ3v) is 4.39. The van der Waals surface area contributed by atoms with Crippen molar-refractivity contribution in [2.45, 2.75) is 25.4 Å². The highest BCUT2D eigenvalue weighted by atomic mass is 19.1. The normalized spacial score (nSPS) is 13.6. The van der Waals surface area contributed by atoms with Crippen LogP contribution in [0, 0.1) is 11.6 Å². The first-order chi connectivity index (χ1) is 12.6. The zero-order valence-corrected chi connectivity index (χ0v) is 13.9. The summed E-state index contributed by atoms with van der Waals surface area (Å²) in [6.07, 6.45) is 1.76. The molecule has 3 aromatic rings. The van der Waals surface area contributed by atoms with E-state index in [0.29, 0.717) is 16.8 Å². The number of rotatable bonds is 5. The van der Waals surface area contributed by atoms with Crippen LogP contribution in [0.1, 0.15) is 29.0 Å². The van der Waals surface area contributed by atoms with Gasteiger partial charge in [-0.05, 0) is 31.0 Å². The van der Waals surface area contributed by atoms with Gasteiger partial charge in [-0.15, -0.1) is 0 Å². The number of benzene rings is 2. The molecule has 1 amide bonds. The van der Waals surface area contributed by atoms with E-state index in [1.165, 1.54) is 24.3 Å². The third-order valence-electron chi connectivity index (χ3n) is 4.39. The first-order valence-electron chi connectivity index (χ1n) is 8.39. The lowest BCUT2D eigenvalue weighted by Gasteiger charge is -2.21. The van der Waals surface area contributed by atoms with Crippen LogP contribution in [0.3, 0.4) is 0 Å². The molecule has 1 aromatic heterocycles. The van der Waals surface area contributed by atoms with E-state index in [1.54, 1.807) is 35.2 Å². The fourth-order valence-electron chi connectivity index (χ4n) is 2.86. The number of carbonyl (C=O) groups excluding carboxylic acids is 1. The van der Waals surface area contributed by atoms with Gasteiger partial charge in [0.2, 0.25) is 5.76 Å². The Kier molecular flexibility index (Phi) is 4.24. The second kappa shape index (κ2) is 6.71. The van der Waals surface area contributed by atoms with Crippen molar-refractivity contribution in [3.05, 3.63) is 77.6 Å². The predicted molar refractivity (Wildman–Crippen MR) is 91.2 cm³/mol. The second-order valence-electron chi connectivity index (χ2n) is 6.34. The monoisotopic (exact) mass is 354 g/mol. The van der Waals surface area contributed by atoms with Gasteiger partial charge in [0.1, 0.15) is 17.3 Å². The molecule has 6 heteroatoms. The van der Waals surface area contributed by atoms with E-state index in [9.17, 15) is 13.6 Å². The molecular weight excluding hydrogens is 338 g/mol. The Morgan fingerprint density at radius 1 is 1.12 bits per heavy atom. The van der Waals surface area contributed by atoms with Crippen molar-refractivity contribution in [3.8, 4) is 11.3 Å². The maximum Gasteiger partial charge on any atom is 0.293 e. The lowest BCUT2D eigenvalue weighted by Crippen LogP contribution is -2.32. The molecule has 0 N–H and O–H groups in total. The molecule has 1 aliphatic carbocycles. The molecule has 0 unspecified atom stereocenters. The Labute approximate surface area is 149 Å². The van der Waals surface area contributed by atoms with E-state index >= 15 is 0 Å². The summed E-state index contributed by atoms with van der Waals surface area (Å²) in [4.78, 5) is 14.5. The third kappa shape index (κ3) is 3.35. The van der Waals surface area contributed by atoms with Crippen LogP contribution in [0.25, 0.3) is 11.3 Å². The van der Waals surface area contributed by atoms with Crippen molar-refractivity contribution in [2.24, 2.45) is 0 Å². The molecule has 132 valence electrons. The van der Waals surface area contributed by atoms with Crippen LogP contribution in [0.2, 0.25) is 0 Å². The van der Waals surface area contributed by atoms with Gasteiger partial charge in [0.15, 0.2) is 0 Å². The molecule has 1 aliphatic rings. The van der Waals surface area contributed by atoms with Crippen LogP contribution in [0.5, 0.6) is 0 Å². The zero-order valence-electron chi connectivity index (χ0n) is 13.9. The minimum atomic E-state index is -0.391. The molecule has 1 saturated carbocycles. The largest absolute Gasteiger partial charge is 0.350 e. The predicted octanol–water partition coefficient (Wildman–Crippen LogP) is 4.42. The summed E-state index contributed by atoms with van der Waals surface area (Å²) in [6.45, 7) is 0.173. The number of halogens is 2. The zero-order chi connectivity index (χ0) is 18.1. The van der Waals surface area contributed by atoms with E-state index in [0.717, 1.165) is 12.8 Å². The average molecular weight is 354 g/mol. The summed E-state index contributed by atoms with van der Waals surface area (Å²) < 4.78 is 32.5. The summed E-state index contributed by atoms with van der Waals surface area (Å²) in [6, 6.07) is 13.9. The van der Waals surface area contributed by atoms with Crippen LogP contribution in [0.4, 0.5) is 8.78 Å². The maximum absolute atomic E-state index is 14.0. The first kappa shape index (κ1) is 16.4. The number of hydrogen-bond donors (Lipinski definition) is 0. The van der Waals surface area contributed by atoms with Crippen molar-refractivity contribution >= 4 is 5.91 Å². The number of amides is 1. The van der Waals surface area contributed by atoms with Crippen molar-refractivity contribution in [3.63, 3.8) is 0 Å². The van der Waals surface area contributed by atoms with Gasteiger partial charge in [0.05, 0.1) is 0 Å². The molecular formula is C20H16F2N2O2. The van der Waals surface area contributed by atoms with Gasteiger partial charge in [-0.1, -0.05) is 35.5 Å². The van der Waals surface area contributed by atoms with E-state index in [2.05, 4.69) is 5.16 Å². The van der Waals surface area contributed by atoms with E-state index in [-0.39, 0.29) is 30.1 Å². The molecule has 0 radical (unpaired) electrons. The molecule has 4 nitrogen and oxygen atoms in total. The van der Waals surface area contributed by atoms with E-state index in [1.807, 2.05) is 0 Å². The Bertz CT molecular complexity index is 950. The van der Waals surface area contributed by atoms with Gasteiger partial charge in [0, 0.05) is 29.8 Å². The highest BCUT2D eigenvalue weighted by Crippen LogP contribution is 2.31. The van der Waals surface area contributed by atoms with Crippen molar-refractivity contribution in [1.82, 2.24) is 10.1 Å². The van der Waals surface area contributed by atoms with Crippen molar-refractivity contribution < 1.29 is 18.1 Å². The molecule has 0 saturated heterocycles. The van der Waals surface area contributed by atoms with E-state index in [4.69, 9.17) is 4.52 Å². The van der Waals surface area contributed by atoms with Crippen molar-refractivity contribution in [2.75, 3.05) is 0 Å². The van der Waals surface area contributed by atoms with Crippen LogP contribution in [0.15, 0.2) is 59.1 Å². The molecule has 0 aliphatic heterocycles. The maximum atomic E-state index is 14.0. The summed E-state index contributed by atoms with van der Waals surface area (Å²) in [5.74, 6) is -1.01. The van der Waals surface area contributed by atoms with E-state index < -0.39 is 5.82 Å². The SMILES string of the molecule is O=C(c1cc(-c2cccc(F)c2)no1)N(Cc1ccccc1F)C1CC1. The molecule has 0 spiro atoms. The first-order valence-corrected chi connectivity index (χ1v) is 8.39. The summed E-state index contributed by atoms with van der Waals surface area (Å²) in [5, 5.41) is 3.87. The van der Waals surface area contributed by atoms with Gasteiger partial charge in [-0.25, -0.2) is 8.78 Å². The van der Waals surface area contributed by atoms with Crippen LogP contribution < -0.4 is 0 Å². The Morgan fingerprint density at radius 3 is 2.65 bits per heavy atom. The second-order valence-corrected chi connectivity index (χ2v) is 6.34. The van der Waals surface area contributed by atoms with Gasteiger partial charge in [0.25, 0.3) is 5.91 Å². The molecule has 1 heterocycles. The lowest BCUT2D eigenvalue weighted by atomic mass is 10.1. The molecule has 0 bridgehead atoms. The standard InChI is InChI=1S/C20H16F2N2O2/c21-15-6-3-5-13(10-15)18-11-19(26-23-18)20(25)24(16-8-9-16)12-14-4-1-2-7-17(14)22/h1-7,10-11,16H,8-9,12H2. The molecule has 0 atom stereocenters. The van der Waals surface area contributed by atoms with Gasteiger partial charge < -0.3 is 9.42 Å². The van der Waals surface area contributed by atoms with Gasteiger partial charge in [-0.3, -0.25) is 4.79 Å². The van der Waals surface area contributed by atoms with Crippen LogP contribution >= 0.6 is 0 Å². The Hall–Kier alpha value is -3.02. The number of hydrogen-bond acceptors (Lipinski definition) is 3. The highest BCUT2D eigenvalue weighted by Gasteiger charge is 2.35. The molecule has 4 rings (SSSR count). The molecule has 2 aromatic carbocycles. The molecule has 1 fully saturated rings. The quantitative estimate of drug-likeness (QED) is 0.681. The molecule has 26 heavy (non-hydrogen) atoms. The van der Waals surface area contributed by atoms with Gasteiger partial charge >= 0.3 is 0 Å². The smallest absolute Gasteiger partial charge is 0.293 e. The Morgan fingerprint density at radius 2 is 1.92 bits per heavy atom. The van der Waals surface area contributed by atoms with Crippen LogP contribution in [-0.2, 0) is 6.54 Å². The highest BCUT2D eigenvalue weighted by molar-refractivity contribution is 5.92. The summed E-state index contributed by atoms with van der Waals surface area (Å²) in [5.41, 5.74) is 1.37. The minimum Gasteiger partial charge on any atom is -0.350 e. The van der Waals surface area contributed by atoms with Gasteiger partial charge in [-0.2, -0.15) is 0 Å². The van der Waals surface area contributed by atoms with Crippen LogP contribution in [-0.4, -0.2) is 22.0 Å². The summed E-state index contributed by atoms with van der Waals surface area (Å²) >= 11 is 0. The van der Waals surface area contributed by atoms with Crippen molar-refractivity contribution in [1.29, 1.82) is 0 Å². The Balaban J connectivity index is 1.58. The fourth-order valence-corrected chi connectivity index (χ4v) is 2.86. The lowest BCUT2D eigenvalue weighted by molar-refractivity contribution is 0.0686. The number of nitrogens with zero attached hydrogens (tertiary/aromatic N) is 2. The average Bonchev–Trinajstić information content (AvgIpc) is 3.36. The topological polar surface area (TPSA) is 46.3 Å². The minimum absolute atomic E-state index is 0.0625. The summed E-state index contributed by atoms with van der Waals surface area (Å²) in [7, 11) is 0. The number of aromatic nitrogens is 1. The fraction of sp³-hybridized carbons (Fsp3) is 0.200.